The number of anilines is 1. The van der Waals surface area contributed by atoms with Gasteiger partial charge in [0.25, 0.3) is 10.1 Å². The third-order valence-corrected chi connectivity index (χ3v) is 4.26. The van der Waals surface area contributed by atoms with Crippen LogP contribution in [0.25, 0.3) is 22.4 Å². The van der Waals surface area contributed by atoms with Crippen molar-refractivity contribution in [3.05, 3.63) is 60.8 Å². The molecule has 2 aromatic heterocycles. The predicted molar refractivity (Wildman–Crippen MR) is 95.6 cm³/mol. The second-order valence-electron chi connectivity index (χ2n) is 5.41. The first kappa shape index (κ1) is 17.9. The van der Waals surface area contributed by atoms with Crippen LogP contribution in [0.3, 0.4) is 0 Å². The second kappa shape index (κ2) is 7.54. The molecule has 1 aromatic carbocycles. The first-order valence-corrected chi connectivity index (χ1v) is 9.26. The molecule has 0 saturated heterocycles. The molecule has 0 saturated carbocycles. The van der Waals surface area contributed by atoms with Crippen LogP contribution in [0.5, 0.6) is 0 Å². The molecular weight excluding hydrogens is 359 g/mol. The fourth-order valence-corrected chi connectivity index (χ4v) is 2.69. The molecule has 7 nitrogen and oxygen atoms in total. The highest BCUT2D eigenvalue weighted by molar-refractivity contribution is 7.85. The van der Waals surface area contributed by atoms with Gasteiger partial charge in [0, 0.05) is 36.3 Å². The van der Waals surface area contributed by atoms with Gasteiger partial charge in [0.05, 0.1) is 11.4 Å². The molecule has 2 heterocycles. The van der Waals surface area contributed by atoms with E-state index in [1.54, 1.807) is 42.9 Å². The molecule has 3 rings (SSSR count). The Morgan fingerprint density at radius 1 is 1.04 bits per heavy atom. The summed E-state index contributed by atoms with van der Waals surface area (Å²) in [6.07, 6.45) is 4.82. The van der Waals surface area contributed by atoms with Crippen LogP contribution in [0, 0.1) is 5.82 Å². The monoisotopic (exact) mass is 374 g/mol. The molecule has 0 aliphatic carbocycles. The molecule has 0 atom stereocenters. The molecule has 0 amide bonds. The number of nitrogens with zero attached hydrogens (tertiary/aromatic N) is 3. The van der Waals surface area contributed by atoms with E-state index in [0.29, 0.717) is 11.3 Å². The molecule has 134 valence electrons. The number of hydrogen-bond donors (Lipinski definition) is 2. The highest BCUT2D eigenvalue weighted by atomic mass is 32.2. The SMILES string of the molecule is O=S(=O)(O)CCNc1ncc(-c2ccc(F)cc2)c(-c2ccncc2)n1. The lowest BCUT2D eigenvalue weighted by Gasteiger charge is -2.11. The summed E-state index contributed by atoms with van der Waals surface area (Å²) in [5.74, 6) is -0.587. The minimum Gasteiger partial charge on any atom is -0.353 e. The summed E-state index contributed by atoms with van der Waals surface area (Å²) < 4.78 is 43.6. The van der Waals surface area contributed by atoms with Gasteiger partial charge in [-0.1, -0.05) is 12.1 Å². The third-order valence-electron chi connectivity index (χ3n) is 3.54. The summed E-state index contributed by atoms with van der Waals surface area (Å²) in [5, 5.41) is 2.76. The van der Waals surface area contributed by atoms with Crippen LogP contribution in [0.15, 0.2) is 55.0 Å². The van der Waals surface area contributed by atoms with Gasteiger partial charge in [-0.15, -0.1) is 0 Å². The Bertz CT molecular complexity index is 996. The van der Waals surface area contributed by atoms with Gasteiger partial charge in [-0.3, -0.25) is 9.54 Å². The van der Waals surface area contributed by atoms with Crippen LogP contribution in [-0.2, 0) is 10.1 Å². The fraction of sp³-hybridized carbons (Fsp3) is 0.118. The van der Waals surface area contributed by atoms with Crippen molar-refractivity contribution in [1.82, 2.24) is 15.0 Å². The minimum absolute atomic E-state index is 0.0372. The Kier molecular flexibility index (Phi) is 5.19. The Morgan fingerprint density at radius 3 is 2.38 bits per heavy atom. The Morgan fingerprint density at radius 2 is 1.73 bits per heavy atom. The van der Waals surface area contributed by atoms with Crippen LogP contribution in [0.1, 0.15) is 0 Å². The maximum absolute atomic E-state index is 13.2. The van der Waals surface area contributed by atoms with Gasteiger partial charge >= 0.3 is 0 Å². The highest BCUT2D eigenvalue weighted by Gasteiger charge is 2.12. The van der Waals surface area contributed by atoms with E-state index in [0.717, 1.165) is 11.1 Å². The van der Waals surface area contributed by atoms with Gasteiger partial charge in [-0.05, 0) is 29.8 Å². The van der Waals surface area contributed by atoms with Crippen molar-refractivity contribution in [1.29, 1.82) is 0 Å². The van der Waals surface area contributed by atoms with E-state index in [-0.39, 0.29) is 18.3 Å². The van der Waals surface area contributed by atoms with Crippen molar-refractivity contribution in [2.24, 2.45) is 0 Å². The molecule has 0 spiro atoms. The average molecular weight is 374 g/mol. The maximum atomic E-state index is 13.2. The molecule has 26 heavy (non-hydrogen) atoms. The lowest BCUT2D eigenvalue weighted by atomic mass is 10.0. The molecule has 0 bridgehead atoms. The summed E-state index contributed by atoms with van der Waals surface area (Å²) in [7, 11) is -4.07. The summed E-state index contributed by atoms with van der Waals surface area (Å²) in [5.41, 5.74) is 2.79. The van der Waals surface area contributed by atoms with Crippen LogP contribution in [-0.4, -0.2) is 40.2 Å². The van der Waals surface area contributed by atoms with Crippen molar-refractivity contribution >= 4 is 16.1 Å². The summed E-state index contributed by atoms with van der Waals surface area (Å²) in [6, 6.07) is 9.51. The van der Waals surface area contributed by atoms with Crippen molar-refractivity contribution < 1.29 is 17.4 Å². The van der Waals surface area contributed by atoms with E-state index >= 15 is 0 Å². The normalized spacial score (nSPS) is 11.3. The van der Waals surface area contributed by atoms with E-state index < -0.39 is 15.9 Å². The molecule has 0 unspecified atom stereocenters. The Hall–Kier alpha value is -2.91. The first-order valence-electron chi connectivity index (χ1n) is 7.65. The predicted octanol–water partition coefficient (Wildman–Crippen LogP) is 2.64. The van der Waals surface area contributed by atoms with E-state index in [1.165, 1.54) is 12.1 Å². The van der Waals surface area contributed by atoms with Crippen LogP contribution in [0.4, 0.5) is 10.3 Å². The molecule has 0 fully saturated rings. The zero-order chi connectivity index (χ0) is 18.6. The van der Waals surface area contributed by atoms with Crippen LogP contribution >= 0.6 is 0 Å². The third kappa shape index (κ3) is 4.58. The molecule has 9 heteroatoms. The fourth-order valence-electron chi connectivity index (χ4n) is 2.33. The number of hydrogen-bond acceptors (Lipinski definition) is 6. The van der Waals surface area contributed by atoms with Crippen molar-refractivity contribution in [3.8, 4) is 22.4 Å². The number of nitrogens with one attached hydrogen (secondary N) is 1. The van der Waals surface area contributed by atoms with E-state index in [4.69, 9.17) is 4.55 Å². The quantitative estimate of drug-likeness (QED) is 0.639. The molecule has 0 radical (unpaired) electrons. The van der Waals surface area contributed by atoms with Gasteiger partial charge in [0.15, 0.2) is 0 Å². The topological polar surface area (TPSA) is 105 Å². The second-order valence-corrected chi connectivity index (χ2v) is 6.98. The van der Waals surface area contributed by atoms with E-state index in [2.05, 4.69) is 20.3 Å². The smallest absolute Gasteiger partial charge is 0.266 e. The number of halogens is 1. The maximum Gasteiger partial charge on any atom is 0.266 e. The largest absolute Gasteiger partial charge is 0.353 e. The lowest BCUT2D eigenvalue weighted by Crippen LogP contribution is -2.16. The van der Waals surface area contributed by atoms with Gasteiger partial charge < -0.3 is 5.32 Å². The number of pyridine rings is 1. The minimum atomic E-state index is -4.07. The van der Waals surface area contributed by atoms with Gasteiger partial charge in [-0.25, -0.2) is 14.4 Å². The Balaban J connectivity index is 1.98. The molecule has 3 aromatic rings. The van der Waals surface area contributed by atoms with Crippen LogP contribution in [0.2, 0.25) is 0 Å². The molecule has 2 N–H and O–H groups in total. The lowest BCUT2D eigenvalue weighted by molar-refractivity contribution is 0.484. The van der Waals surface area contributed by atoms with E-state index in [1.807, 2.05) is 0 Å². The Labute approximate surface area is 149 Å². The standard InChI is InChI=1S/C17H15FN4O3S/c18-14-3-1-12(2-4-14)15-11-21-17(20-9-10-26(23,24)25)22-16(15)13-5-7-19-8-6-13/h1-8,11H,9-10H2,(H,20,21,22)(H,23,24,25). The van der Waals surface area contributed by atoms with Crippen molar-refractivity contribution in [2.75, 3.05) is 17.6 Å². The summed E-state index contributed by atoms with van der Waals surface area (Å²) >= 11 is 0. The van der Waals surface area contributed by atoms with Gasteiger partial charge in [-0.2, -0.15) is 8.42 Å². The zero-order valence-electron chi connectivity index (χ0n) is 13.5. The number of benzene rings is 1. The van der Waals surface area contributed by atoms with Gasteiger partial charge in [0.1, 0.15) is 5.82 Å². The van der Waals surface area contributed by atoms with Crippen LogP contribution < -0.4 is 5.32 Å². The van der Waals surface area contributed by atoms with E-state index in [9.17, 15) is 12.8 Å². The zero-order valence-corrected chi connectivity index (χ0v) is 14.3. The average Bonchev–Trinajstić information content (AvgIpc) is 2.62. The molecule has 0 aliphatic rings. The number of aromatic nitrogens is 3. The summed E-state index contributed by atoms with van der Waals surface area (Å²) in [4.78, 5) is 12.6. The molecular formula is C17H15FN4O3S. The highest BCUT2D eigenvalue weighted by Crippen LogP contribution is 2.30. The van der Waals surface area contributed by atoms with Gasteiger partial charge in [0.2, 0.25) is 5.95 Å². The summed E-state index contributed by atoms with van der Waals surface area (Å²) in [6.45, 7) is -0.0372. The number of rotatable bonds is 6. The van der Waals surface area contributed by atoms with Crippen molar-refractivity contribution in [2.45, 2.75) is 0 Å². The van der Waals surface area contributed by atoms with Crippen molar-refractivity contribution in [3.63, 3.8) is 0 Å². The molecule has 0 aliphatic heterocycles. The first-order chi connectivity index (χ1) is 12.4.